The van der Waals surface area contributed by atoms with E-state index in [-0.39, 0.29) is 24.1 Å². The highest BCUT2D eigenvalue weighted by atomic mass is 19.1. The fourth-order valence-electron chi connectivity index (χ4n) is 4.28. The number of hydrogen-bond acceptors (Lipinski definition) is 3. The highest BCUT2D eigenvalue weighted by Crippen LogP contribution is 2.37. The van der Waals surface area contributed by atoms with Crippen LogP contribution in [0.15, 0.2) is 42.5 Å². The van der Waals surface area contributed by atoms with Gasteiger partial charge >= 0.3 is 6.09 Å². The molecule has 0 aliphatic carbocycles. The molecule has 2 aliphatic rings. The van der Waals surface area contributed by atoms with Gasteiger partial charge in [0.25, 0.3) is 5.91 Å². The van der Waals surface area contributed by atoms with E-state index in [2.05, 4.69) is 5.32 Å². The number of fused-ring (bicyclic) bond motifs is 1. The molecule has 0 aromatic heterocycles. The summed E-state index contributed by atoms with van der Waals surface area (Å²) < 4.78 is 33.9. The van der Waals surface area contributed by atoms with Crippen LogP contribution in [0.1, 0.15) is 35.6 Å². The molecule has 2 N–H and O–H groups in total. The van der Waals surface area contributed by atoms with Gasteiger partial charge in [-0.2, -0.15) is 0 Å². The molecule has 2 aromatic carbocycles. The maximum Gasteiger partial charge on any atom is 0.404 e. The highest BCUT2D eigenvalue weighted by Gasteiger charge is 2.38. The highest BCUT2D eigenvalue weighted by molar-refractivity contribution is 5.82. The first-order valence-corrected chi connectivity index (χ1v) is 9.88. The normalized spacial score (nSPS) is 23.5. The SMILES string of the molecule is O=C(O)N[C@H]1CC[C@H](C(=O)N2CCc3ccccc3C2c2ccc(F)cc2F)OC1. The van der Waals surface area contributed by atoms with Gasteiger partial charge in [0, 0.05) is 18.2 Å². The van der Waals surface area contributed by atoms with E-state index in [1.54, 1.807) is 4.90 Å². The molecule has 30 heavy (non-hydrogen) atoms. The molecule has 1 unspecified atom stereocenters. The molecule has 3 atom stereocenters. The van der Waals surface area contributed by atoms with E-state index < -0.39 is 29.9 Å². The van der Waals surface area contributed by atoms with Gasteiger partial charge in [0.05, 0.1) is 18.7 Å². The Balaban J connectivity index is 1.62. The third kappa shape index (κ3) is 4.00. The lowest BCUT2D eigenvalue weighted by Gasteiger charge is -2.40. The van der Waals surface area contributed by atoms with Crippen LogP contribution >= 0.6 is 0 Å². The average molecular weight is 416 g/mol. The Hall–Kier alpha value is -3.00. The fourth-order valence-corrected chi connectivity index (χ4v) is 4.28. The largest absolute Gasteiger partial charge is 0.465 e. The number of halogens is 2. The standard InChI is InChI=1S/C22H22F2N2O4/c23-14-5-7-17(18(24)11-14)20-16-4-2-1-3-13(16)9-10-26(20)21(27)19-8-6-15(12-30-19)25-22(28)29/h1-5,7,11,15,19-20,25H,6,8-10,12H2,(H,28,29)/t15-,19+,20?/m0/s1. The molecule has 158 valence electrons. The Morgan fingerprint density at radius 1 is 1.10 bits per heavy atom. The number of nitrogens with zero attached hydrogens (tertiary/aromatic N) is 1. The van der Waals surface area contributed by atoms with Crippen molar-refractivity contribution in [1.82, 2.24) is 10.2 Å². The molecule has 2 aromatic rings. The number of nitrogens with one attached hydrogen (secondary N) is 1. The second-order valence-electron chi connectivity index (χ2n) is 7.59. The minimum absolute atomic E-state index is 0.0999. The third-order valence-corrected chi connectivity index (χ3v) is 5.70. The molecule has 0 radical (unpaired) electrons. The number of carbonyl (C=O) groups is 2. The molecule has 4 rings (SSSR count). The van der Waals surface area contributed by atoms with E-state index in [0.717, 1.165) is 17.2 Å². The van der Waals surface area contributed by atoms with Crippen LogP contribution in [0.2, 0.25) is 0 Å². The monoisotopic (exact) mass is 416 g/mol. The van der Waals surface area contributed by atoms with Crippen LogP contribution in [0.25, 0.3) is 0 Å². The molecule has 1 saturated heterocycles. The summed E-state index contributed by atoms with van der Waals surface area (Å²) in [5.74, 6) is -1.65. The number of rotatable bonds is 3. The number of carboxylic acid groups (broad SMARTS) is 1. The molecule has 8 heteroatoms. The lowest BCUT2D eigenvalue weighted by Crippen LogP contribution is -2.50. The zero-order valence-electron chi connectivity index (χ0n) is 16.2. The van der Waals surface area contributed by atoms with E-state index in [4.69, 9.17) is 9.84 Å². The second kappa shape index (κ2) is 8.39. The van der Waals surface area contributed by atoms with Crippen LogP contribution in [0, 0.1) is 11.6 Å². The van der Waals surface area contributed by atoms with Gasteiger partial charge < -0.3 is 20.1 Å². The van der Waals surface area contributed by atoms with Gasteiger partial charge in [-0.3, -0.25) is 4.79 Å². The minimum atomic E-state index is -1.13. The summed E-state index contributed by atoms with van der Waals surface area (Å²) in [6.07, 6.45) is -0.401. The molecule has 6 nitrogen and oxygen atoms in total. The minimum Gasteiger partial charge on any atom is -0.465 e. The molecular formula is C22H22F2N2O4. The Morgan fingerprint density at radius 3 is 2.60 bits per heavy atom. The molecule has 0 bridgehead atoms. The molecular weight excluding hydrogens is 394 g/mol. The van der Waals surface area contributed by atoms with Crippen LogP contribution in [0.4, 0.5) is 13.6 Å². The molecule has 2 aliphatic heterocycles. The predicted molar refractivity (Wildman–Crippen MR) is 104 cm³/mol. The van der Waals surface area contributed by atoms with Gasteiger partial charge in [-0.25, -0.2) is 13.6 Å². The number of carbonyl (C=O) groups excluding carboxylic acids is 1. The van der Waals surface area contributed by atoms with Gasteiger partial charge in [0.15, 0.2) is 0 Å². The first kappa shape index (κ1) is 20.3. The zero-order chi connectivity index (χ0) is 21.3. The van der Waals surface area contributed by atoms with Crippen LogP contribution in [0.3, 0.4) is 0 Å². The van der Waals surface area contributed by atoms with E-state index in [1.807, 2.05) is 24.3 Å². The molecule has 2 amide bonds. The van der Waals surface area contributed by atoms with Gasteiger partial charge in [0.2, 0.25) is 0 Å². The van der Waals surface area contributed by atoms with E-state index >= 15 is 0 Å². The van der Waals surface area contributed by atoms with Gasteiger partial charge in [-0.05, 0) is 36.5 Å². The number of ether oxygens (including phenoxy) is 1. The number of amides is 2. The molecule has 0 spiro atoms. The summed E-state index contributed by atoms with van der Waals surface area (Å²) in [7, 11) is 0. The topological polar surface area (TPSA) is 78.9 Å². The van der Waals surface area contributed by atoms with Crippen molar-refractivity contribution in [2.45, 2.75) is 37.5 Å². The van der Waals surface area contributed by atoms with Crippen molar-refractivity contribution >= 4 is 12.0 Å². The number of benzene rings is 2. The first-order valence-electron chi connectivity index (χ1n) is 9.88. The maximum absolute atomic E-state index is 14.7. The van der Waals surface area contributed by atoms with Crippen molar-refractivity contribution in [3.63, 3.8) is 0 Å². The lowest BCUT2D eigenvalue weighted by atomic mass is 9.87. The van der Waals surface area contributed by atoms with E-state index in [9.17, 15) is 18.4 Å². The smallest absolute Gasteiger partial charge is 0.404 e. The lowest BCUT2D eigenvalue weighted by molar-refractivity contribution is -0.149. The van der Waals surface area contributed by atoms with Gasteiger partial charge in [-0.15, -0.1) is 0 Å². The average Bonchev–Trinajstić information content (AvgIpc) is 2.73. The fraction of sp³-hybridized carbons (Fsp3) is 0.364. The van der Waals surface area contributed by atoms with Crippen molar-refractivity contribution in [3.8, 4) is 0 Å². The Labute approximate surface area is 172 Å². The second-order valence-corrected chi connectivity index (χ2v) is 7.59. The summed E-state index contributed by atoms with van der Waals surface area (Å²) in [6.45, 7) is 0.483. The van der Waals surface area contributed by atoms with Crippen molar-refractivity contribution in [1.29, 1.82) is 0 Å². The molecule has 0 saturated carbocycles. The summed E-state index contributed by atoms with van der Waals surface area (Å²) >= 11 is 0. The molecule has 2 heterocycles. The van der Waals surface area contributed by atoms with E-state index in [0.29, 0.717) is 25.8 Å². The summed E-state index contributed by atoms with van der Waals surface area (Å²) in [5.41, 5.74) is 2.06. The maximum atomic E-state index is 14.7. The predicted octanol–water partition coefficient (Wildman–Crippen LogP) is 3.25. The van der Waals surface area contributed by atoms with Crippen molar-refractivity contribution in [3.05, 3.63) is 70.8 Å². The molecule has 1 fully saturated rings. The zero-order valence-corrected chi connectivity index (χ0v) is 16.2. The third-order valence-electron chi connectivity index (χ3n) is 5.70. The van der Waals surface area contributed by atoms with Crippen LogP contribution in [-0.2, 0) is 16.0 Å². The van der Waals surface area contributed by atoms with Crippen molar-refractivity contribution in [2.24, 2.45) is 0 Å². The first-order chi connectivity index (χ1) is 14.4. The van der Waals surface area contributed by atoms with Crippen LogP contribution < -0.4 is 5.32 Å². The van der Waals surface area contributed by atoms with Crippen LogP contribution in [0.5, 0.6) is 0 Å². The van der Waals surface area contributed by atoms with Crippen LogP contribution in [-0.4, -0.2) is 47.3 Å². The van der Waals surface area contributed by atoms with Crippen molar-refractivity contribution in [2.75, 3.05) is 13.2 Å². The quantitative estimate of drug-likeness (QED) is 0.805. The summed E-state index contributed by atoms with van der Waals surface area (Å²) in [5, 5.41) is 11.2. The summed E-state index contributed by atoms with van der Waals surface area (Å²) in [6, 6.07) is 9.90. The van der Waals surface area contributed by atoms with Crippen molar-refractivity contribution < 1.29 is 28.2 Å². The Morgan fingerprint density at radius 2 is 1.90 bits per heavy atom. The Kier molecular flexibility index (Phi) is 5.67. The van der Waals surface area contributed by atoms with Gasteiger partial charge in [0.1, 0.15) is 17.7 Å². The van der Waals surface area contributed by atoms with Gasteiger partial charge in [-0.1, -0.05) is 30.3 Å². The number of hydrogen-bond donors (Lipinski definition) is 2. The van der Waals surface area contributed by atoms with E-state index in [1.165, 1.54) is 12.1 Å². The Bertz CT molecular complexity index is 960. The summed E-state index contributed by atoms with van der Waals surface area (Å²) in [4.78, 5) is 25.7.